The van der Waals surface area contributed by atoms with Crippen molar-refractivity contribution in [2.24, 2.45) is 50.2 Å². The predicted molar refractivity (Wildman–Crippen MR) is 264 cm³/mol. The highest BCUT2D eigenvalue weighted by atomic mass is 16.8. The number of allylic oxidation sites excluding steroid dienone is 2. The van der Waals surface area contributed by atoms with E-state index in [2.05, 4.69) is 40.7 Å². The number of carbonyl (C=O) groups is 1. The lowest BCUT2D eigenvalue weighted by Crippen LogP contribution is -2.70. The molecule has 0 bridgehead atoms. The number of hydrogen-bond acceptors (Lipinski definition) is 24. The Labute approximate surface area is 453 Å². The van der Waals surface area contributed by atoms with Crippen LogP contribution in [0, 0.1) is 50.2 Å². The van der Waals surface area contributed by atoms with Crippen LogP contribution in [0.5, 0.6) is 0 Å². The molecule has 4 heterocycles. The number of esters is 1. The Balaban J connectivity index is 0.991. The molecule has 5 aliphatic carbocycles. The first kappa shape index (κ1) is 60.9. The van der Waals surface area contributed by atoms with Crippen LogP contribution >= 0.6 is 0 Å². The third-order valence-electron chi connectivity index (χ3n) is 21.5. The molecule has 78 heavy (non-hydrogen) atoms. The van der Waals surface area contributed by atoms with Crippen LogP contribution < -0.4 is 0 Å². The summed E-state index contributed by atoms with van der Waals surface area (Å²) in [5.41, 5.74) is -3.00. The van der Waals surface area contributed by atoms with Crippen molar-refractivity contribution in [1.29, 1.82) is 0 Å². The monoisotopic (exact) mass is 1120 g/mol. The van der Waals surface area contributed by atoms with Gasteiger partial charge in [-0.25, -0.2) is 0 Å². The molecular formula is C54H88O24. The van der Waals surface area contributed by atoms with Crippen molar-refractivity contribution < 1.29 is 119 Å². The van der Waals surface area contributed by atoms with Gasteiger partial charge in [0, 0.05) is 5.41 Å². The van der Waals surface area contributed by atoms with E-state index in [1.165, 1.54) is 6.92 Å². The Morgan fingerprint density at radius 3 is 1.65 bits per heavy atom. The first-order valence-corrected chi connectivity index (χ1v) is 27.9. The maximum atomic E-state index is 15.3. The van der Waals surface area contributed by atoms with E-state index in [0.29, 0.717) is 51.4 Å². The summed E-state index contributed by atoms with van der Waals surface area (Å²) >= 11 is 0. The molecule has 0 aromatic heterocycles. The second-order valence-corrected chi connectivity index (χ2v) is 26.3. The van der Waals surface area contributed by atoms with Gasteiger partial charge in [-0.15, -0.1) is 0 Å². The van der Waals surface area contributed by atoms with E-state index < -0.39 is 195 Å². The number of ether oxygens (including phenoxy) is 8. The molecule has 4 aliphatic heterocycles. The smallest absolute Gasteiger partial charge is 0.315 e. The summed E-state index contributed by atoms with van der Waals surface area (Å²) in [6.07, 6.45) is -28.6. The van der Waals surface area contributed by atoms with Gasteiger partial charge in [0.05, 0.1) is 50.2 Å². The molecule has 4 saturated heterocycles. The average molecular weight is 1120 g/mol. The zero-order valence-electron chi connectivity index (χ0n) is 45.6. The molecule has 9 rings (SSSR count). The number of aliphatic hydroxyl groups excluding tert-OH is 15. The molecule has 24 heteroatoms. The van der Waals surface area contributed by atoms with E-state index in [9.17, 15) is 76.6 Å². The molecule has 15 N–H and O–H groups in total. The molecular weight excluding hydrogens is 1030 g/mol. The highest BCUT2D eigenvalue weighted by Gasteiger charge is 2.72. The zero-order valence-corrected chi connectivity index (χ0v) is 45.6. The van der Waals surface area contributed by atoms with Crippen molar-refractivity contribution in [3.8, 4) is 0 Å². The number of fused-ring (bicyclic) bond motifs is 7. The van der Waals surface area contributed by atoms with Gasteiger partial charge in [0.1, 0.15) is 85.5 Å². The maximum absolute atomic E-state index is 15.3. The fourth-order valence-electron chi connectivity index (χ4n) is 16.6. The number of rotatable bonds is 12. The van der Waals surface area contributed by atoms with Crippen LogP contribution in [0.15, 0.2) is 11.6 Å². The Morgan fingerprint density at radius 1 is 0.564 bits per heavy atom. The van der Waals surface area contributed by atoms with E-state index in [-0.39, 0.29) is 29.6 Å². The summed E-state index contributed by atoms with van der Waals surface area (Å²) in [6.45, 7) is 11.5. The summed E-state index contributed by atoms with van der Waals surface area (Å²) in [5.74, 6) is -1.36. The van der Waals surface area contributed by atoms with E-state index in [1.54, 1.807) is 0 Å². The van der Waals surface area contributed by atoms with Gasteiger partial charge in [-0.1, -0.05) is 53.2 Å². The highest BCUT2D eigenvalue weighted by Crippen LogP contribution is 2.76. The summed E-state index contributed by atoms with van der Waals surface area (Å²) in [4.78, 5) is 15.3. The van der Waals surface area contributed by atoms with Crippen molar-refractivity contribution >= 4 is 5.97 Å². The molecule has 0 aromatic rings. The van der Waals surface area contributed by atoms with Gasteiger partial charge in [0.15, 0.2) is 25.0 Å². The molecule has 24 nitrogen and oxygen atoms in total. The molecule has 0 aromatic carbocycles. The van der Waals surface area contributed by atoms with Crippen LogP contribution in [0.2, 0.25) is 0 Å². The Kier molecular flexibility index (Phi) is 17.2. The fraction of sp³-hybridized carbons (Fsp3) is 0.944. The largest absolute Gasteiger partial charge is 0.432 e. The van der Waals surface area contributed by atoms with Gasteiger partial charge in [-0.05, 0) is 104 Å². The van der Waals surface area contributed by atoms with Crippen molar-refractivity contribution in [3.05, 3.63) is 11.6 Å². The van der Waals surface area contributed by atoms with Gasteiger partial charge >= 0.3 is 5.97 Å². The maximum Gasteiger partial charge on any atom is 0.315 e. The second-order valence-electron chi connectivity index (χ2n) is 26.3. The summed E-state index contributed by atoms with van der Waals surface area (Å²) in [5, 5.41) is 163. The van der Waals surface area contributed by atoms with Crippen LogP contribution in [-0.4, -0.2) is 244 Å². The van der Waals surface area contributed by atoms with E-state index in [0.717, 1.165) is 5.57 Å². The molecule has 30 atom stereocenters. The number of carbonyl (C=O) groups excluding carboxylic acids is 1. The van der Waals surface area contributed by atoms with Gasteiger partial charge in [-0.3, -0.25) is 4.79 Å². The average Bonchev–Trinajstić information content (AvgIpc) is 2.29. The van der Waals surface area contributed by atoms with Crippen molar-refractivity contribution in [1.82, 2.24) is 0 Å². The zero-order chi connectivity index (χ0) is 57.1. The lowest BCUT2D eigenvalue weighted by Gasteiger charge is -2.72. The SMILES string of the molecule is CC1OC(OC2C(OC(=O)C34CCC(C)(C)CC3C3=CCC5C6(C)CC(O)C(OC7OC(CO)C(O)C(O)C7OC7OC(CO)C(O)C(O)C7O)C(C)(CO)C6CCC5(C)C3(C)CC4)OC(CO)C(O)C2O)C(O)C(O)C1O. The normalized spacial score (nSPS) is 55.1. The number of hydrogen-bond donors (Lipinski definition) is 15. The minimum absolute atomic E-state index is 0.0875. The highest BCUT2D eigenvalue weighted by molar-refractivity contribution is 5.79. The van der Waals surface area contributed by atoms with Gasteiger partial charge < -0.3 is 114 Å². The minimum Gasteiger partial charge on any atom is -0.432 e. The third-order valence-corrected chi connectivity index (χ3v) is 21.5. The third kappa shape index (κ3) is 9.67. The molecule has 448 valence electrons. The molecule has 9 aliphatic rings. The second kappa shape index (κ2) is 22.1. The Hall–Kier alpha value is -1.67. The van der Waals surface area contributed by atoms with Crippen molar-refractivity contribution in [2.75, 3.05) is 26.4 Å². The van der Waals surface area contributed by atoms with Crippen LogP contribution in [0.25, 0.3) is 0 Å². The van der Waals surface area contributed by atoms with Gasteiger partial charge in [-0.2, -0.15) is 0 Å². The molecule has 0 spiro atoms. The van der Waals surface area contributed by atoms with Gasteiger partial charge in [0.25, 0.3) is 0 Å². The van der Waals surface area contributed by atoms with Gasteiger partial charge in [0.2, 0.25) is 6.29 Å². The molecule has 0 radical (unpaired) electrons. The standard InChI is InChI=1S/C54H88O24/c1-22-31(60)35(64)39(68)44(71-22)75-42-38(67)34(63)28(20-57)74-47(42)78-48(70)54-14-12-49(2,3)16-24(54)23-8-9-30-50(4)17-25(59)43(51(5,21-58)29(50)10-11-53(30,7)52(23,6)13-15-54)77-46-41(37(66)33(62)27(19-56)73-46)76-45-40(69)36(65)32(61)26(18-55)72-45/h8,22,24-47,55-69H,9-21H2,1-7H3. The van der Waals surface area contributed by atoms with Crippen LogP contribution in [0.1, 0.15) is 106 Å². The molecule has 0 amide bonds. The summed E-state index contributed by atoms with van der Waals surface area (Å²) in [7, 11) is 0. The van der Waals surface area contributed by atoms with Crippen LogP contribution in [0.3, 0.4) is 0 Å². The number of aliphatic hydroxyl groups is 15. The summed E-state index contributed by atoms with van der Waals surface area (Å²) in [6, 6.07) is 0. The van der Waals surface area contributed by atoms with E-state index in [4.69, 9.17) is 37.9 Å². The molecule has 4 saturated carbocycles. The topological polar surface area (TPSA) is 394 Å². The Morgan fingerprint density at radius 2 is 1.08 bits per heavy atom. The lowest BCUT2D eigenvalue weighted by molar-refractivity contribution is -0.384. The first-order valence-electron chi connectivity index (χ1n) is 27.9. The Bertz CT molecular complexity index is 2150. The van der Waals surface area contributed by atoms with Crippen molar-refractivity contribution in [2.45, 2.75) is 241 Å². The lowest BCUT2D eigenvalue weighted by atomic mass is 9.33. The minimum atomic E-state index is -1.90. The van der Waals surface area contributed by atoms with E-state index >= 15 is 4.79 Å². The molecule has 8 fully saturated rings. The predicted octanol–water partition coefficient (Wildman–Crippen LogP) is -3.06. The van der Waals surface area contributed by atoms with Crippen LogP contribution in [-0.2, 0) is 42.7 Å². The van der Waals surface area contributed by atoms with Crippen molar-refractivity contribution in [3.63, 3.8) is 0 Å². The first-order chi connectivity index (χ1) is 36.5. The molecule has 30 unspecified atom stereocenters. The van der Waals surface area contributed by atoms with E-state index in [1.807, 2.05) is 6.92 Å². The summed E-state index contributed by atoms with van der Waals surface area (Å²) < 4.78 is 48.1. The van der Waals surface area contributed by atoms with Crippen LogP contribution in [0.4, 0.5) is 0 Å². The quantitative estimate of drug-likeness (QED) is 0.0524. The fourth-order valence-corrected chi connectivity index (χ4v) is 16.6.